The number of rotatable bonds is 6. The smallest absolute Gasteiger partial charge is 0.203 e. The molecule has 8 heteroatoms. The number of carbonyl (C=O) groups is 1. The predicted octanol–water partition coefficient (Wildman–Crippen LogP) is 3.81. The number of fused-ring (bicyclic) bond motifs is 1. The van der Waals surface area contributed by atoms with Gasteiger partial charge in [0.15, 0.2) is 17.3 Å². The minimum Gasteiger partial charge on any atom is -0.496 e. The van der Waals surface area contributed by atoms with E-state index in [4.69, 9.17) is 28.4 Å². The van der Waals surface area contributed by atoms with E-state index in [2.05, 4.69) is 15.9 Å². The highest BCUT2D eigenvalue weighted by Crippen LogP contribution is 2.47. The first kappa shape index (κ1) is 20.1. The Morgan fingerprint density at radius 3 is 1.93 bits per heavy atom. The van der Waals surface area contributed by atoms with Gasteiger partial charge in [0.1, 0.15) is 33.7 Å². The van der Waals surface area contributed by atoms with Crippen molar-refractivity contribution in [3.8, 4) is 34.5 Å². The predicted molar refractivity (Wildman–Crippen MR) is 106 cm³/mol. The molecule has 0 saturated heterocycles. The fraction of sp³-hybridized carbons (Fsp3) is 0.350. The molecule has 1 heterocycles. The maximum Gasteiger partial charge on any atom is 0.203 e. The van der Waals surface area contributed by atoms with Gasteiger partial charge in [-0.25, -0.2) is 0 Å². The summed E-state index contributed by atoms with van der Waals surface area (Å²) in [6.45, 7) is 0. The second-order valence-electron chi connectivity index (χ2n) is 5.97. The van der Waals surface area contributed by atoms with E-state index < -0.39 is 10.9 Å². The van der Waals surface area contributed by atoms with Crippen molar-refractivity contribution in [2.24, 2.45) is 0 Å². The Morgan fingerprint density at radius 1 is 0.821 bits per heavy atom. The standard InChI is InChI=1S/C20H21BrO7/c1-23-11-8-12(24-2)16-13(9-11)28-19(17(21)18(16)22)10-6-14(25-3)20(27-5)15(7-10)26-4/h6-9,17,19H,1-5H3. The summed E-state index contributed by atoms with van der Waals surface area (Å²) >= 11 is 3.48. The van der Waals surface area contributed by atoms with Crippen LogP contribution in [-0.4, -0.2) is 46.2 Å². The molecule has 0 spiro atoms. The van der Waals surface area contributed by atoms with Crippen LogP contribution in [0.25, 0.3) is 0 Å². The van der Waals surface area contributed by atoms with E-state index in [1.165, 1.54) is 35.5 Å². The van der Waals surface area contributed by atoms with Crippen LogP contribution in [0.4, 0.5) is 0 Å². The molecule has 0 saturated carbocycles. The SMILES string of the molecule is COc1cc(OC)c2c(c1)OC(c1cc(OC)c(OC)c(OC)c1)C(Br)C2=O. The van der Waals surface area contributed by atoms with Crippen molar-refractivity contribution >= 4 is 21.7 Å². The number of methoxy groups -OCH3 is 5. The largest absolute Gasteiger partial charge is 0.496 e. The van der Waals surface area contributed by atoms with Crippen LogP contribution in [0, 0.1) is 0 Å². The van der Waals surface area contributed by atoms with E-state index in [1.807, 2.05) is 0 Å². The number of ketones is 1. The summed E-state index contributed by atoms with van der Waals surface area (Å²) < 4.78 is 33.0. The summed E-state index contributed by atoms with van der Waals surface area (Å²) in [6.07, 6.45) is -0.620. The topological polar surface area (TPSA) is 72.5 Å². The Bertz CT molecular complexity index is 871. The van der Waals surface area contributed by atoms with Crippen molar-refractivity contribution in [2.75, 3.05) is 35.5 Å². The average molecular weight is 453 g/mol. The van der Waals surface area contributed by atoms with Crippen LogP contribution in [0.2, 0.25) is 0 Å². The summed E-state index contributed by atoms with van der Waals surface area (Å²) in [5, 5.41) is 0. The number of ether oxygens (including phenoxy) is 6. The minimum absolute atomic E-state index is 0.153. The quantitative estimate of drug-likeness (QED) is 0.616. The van der Waals surface area contributed by atoms with E-state index in [9.17, 15) is 4.79 Å². The molecular weight excluding hydrogens is 432 g/mol. The van der Waals surface area contributed by atoms with Crippen molar-refractivity contribution < 1.29 is 33.2 Å². The first-order valence-corrected chi connectivity index (χ1v) is 9.31. The Kier molecular flexibility index (Phi) is 5.88. The molecule has 0 amide bonds. The lowest BCUT2D eigenvalue weighted by Crippen LogP contribution is -2.32. The molecule has 2 unspecified atom stereocenters. The number of halogens is 1. The van der Waals surface area contributed by atoms with Gasteiger partial charge in [0.25, 0.3) is 0 Å². The number of hydrogen-bond acceptors (Lipinski definition) is 7. The van der Waals surface area contributed by atoms with Crippen LogP contribution >= 0.6 is 15.9 Å². The van der Waals surface area contributed by atoms with E-state index in [0.29, 0.717) is 45.6 Å². The molecular formula is C20H21BrO7. The molecule has 0 aromatic heterocycles. The summed E-state index contributed by atoms with van der Waals surface area (Å²) in [5.41, 5.74) is 1.06. The van der Waals surface area contributed by atoms with Crippen LogP contribution < -0.4 is 28.4 Å². The average Bonchev–Trinajstić information content (AvgIpc) is 2.73. The summed E-state index contributed by atoms with van der Waals surface area (Å²) in [5.74, 6) is 2.57. The lowest BCUT2D eigenvalue weighted by atomic mass is 9.94. The molecule has 1 aliphatic heterocycles. The van der Waals surface area contributed by atoms with Gasteiger partial charge in [-0.3, -0.25) is 4.79 Å². The second-order valence-corrected chi connectivity index (χ2v) is 6.95. The van der Waals surface area contributed by atoms with Crippen LogP contribution in [0.3, 0.4) is 0 Å². The zero-order chi connectivity index (χ0) is 20.4. The molecule has 3 rings (SSSR count). The first-order chi connectivity index (χ1) is 13.5. The molecule has 0 bridgehead atoms. The lowest BCUT2D eigenvalue weighted by molar-refractivity contribution is 0.0866. The number of alkyl halides is 1. The van der Waals surface area contributed by atoms with Crippen LogP contribution in [0.5, 0.6) is 34.5 Å². The number of benzene rings is 2. The van der Waals surface area contributed by atoms with Crippen LogP contribution in [0.15, 0.2) is 24.3 Å². The zero-order valence-electron chi connectivity index (χ0n) is 16.2. The third kappa shape index (κ3) is 3.32. The molecule has 1 aliphatic rings. The Morgan fingerprint density at radius 2 is 1.43 bits per heavy atom. The lowest BCUT2D eigenvalue weighted by Gasteiger charge is -2.31. The van der Waals surface area contributed by atoms with Gasteiger partial charge in [-0.1, -0.05) is 15.9 Å². The molecule has 2 aromatic rings. The molecule has 150 valence electrons. The normalized spacial score (nSPS) is 18.0. The van der Waals surface area contributed by atoms with Gasteiger partial charge in [0.05, 0.1) is 35.5 Å². The van der Waals surface area contributed by atoms with Gasteiger partial charge < -0.3 is 28.4 Å². The fourth-order valence-corrected chi connectivity index (χ4v) is 3.80. The van der Waals surface area contributed by atoms with E-state index in [-0.39, 0.29) is 5.78 Å². The van der Waals surface area contributed by atoms with Crippen LogP contribution in [0.1, 0.15) is 22.0 Å². The Hall–Kier alpha value is -2.61. The highest BCUT2D eigenvalue weighted by molar-refractivity contribution is 9.10. The summed E-state index contributed by atoms with van der Waals surface area (Å²) in [7, 11) is 7.63. The number of hydrogen-bond donors (Lipinski definition) is 0. The Balaban J connectivity index is 2.12. The fourth-order valence-electron chi connectivity index (χ4n) is 3.16. The van der Waals surface area contributed by atoms with Crippen molar-refractivity contribution in [3.05, 3.63) is 35.4 Å². The summed E-state index contributed by atoms with van der Waals surface area (Å²) in [6, 6.07) is 6.84. The second kappa shape index (κ2) is 8.18. The van der Waals surface area contributed by atoms with Crippen molar-refractivity contribution in [3.63, 3.8) is 0 Å². The molecule has 28 heavy (non-hydrogen) atoms. The summed E-state index contributed by atoms with van der Waals surface area (Å²) in [4.78, 5) is 12.4. The van der Waals surface area contributed by atoms with Crippen molar-refractivity contribution in [2.45, 2.75) is 10.9 Å². The van der Waals surface area contributed by atoms with Gasteiger partial charge in [-0.2, -0.15) is 0 Å². The van der Waals surface area contributed by atoms with Gasteiger partial charge in [0, 0.05) is 17.7 Å². The highest BCUT2D eigenvalue weighted by Gasteiger charge is 2.39. The molecule has 7 nitrogen and oxygen atoms in total. The minimum atomic E-state index is -0.634. The van der Waals surface area contributed by atoms with Crippen molar-refractivity contribution in [1.29, 1.82) is 0 Å². The van der Waals surface area contributed by atoms with Crippen LogP contribution in [-0.2, 0) is 0 Å². The third-order valence-corrected chi connectivity index (χ3v) is 5.42. The highest BCUT2D eigenvalue weighted by atomic mass is 79.9. The van der Waals surface area contributed by atoms with Crippen molar-refractivity contribution in [1.82, 2.24) is 0 Å². The molecule has 2 aromatic carbocycles. The van der Waals surface area contributed by atoms with Gasteiger partial charge >= 0.3 is 0 Å². The molecule has 0 fully saturated rings. The molecule has 0 aliphatic carbocycles. The van der Waals surface area contributed by atoms with E-state index in [0.717, 1.165) is 0 Å². The molecule has 2 atom stereocenters. The first-order valence-electron chi connectivity index (χ1n) is 8.39. The van der Waals surface area contributed by atoms with E-state index >= 15 is 0 Å². The monoisotopic (exact) mass is 452 g/mol. The van der Waals surface area contributed by atoms with E-state index in [1.54, 1.807) is 24.3 Å². The Labute approximate surface area is 171 Å². The van der Waals surface area contributed by atoms with Gasteiger partial charge in [-0.15, -0.1) is 0 Å². The third-order valence-electron chi connectivity index (χ3n) is 4.53. The van der Waals surface area contributed by atoms with Gasteiger partial charge in [-0.05, 0) is 12.1 Å². The maximum atomic E-state index is 13.1. The number of carbonyl (C=O) groups excluding carboxylic acids is 1. The van der Waals surface area contributed by atoms with Gasteiger partial charge in [0.2, 0.25) is 5.75 Å². The molecule has 0 radical (unpaired) electrons. The maximum absolute atomic E-state index is 13.1. The zero-order valence-corrected chi connectivity index (χ0v) is 17.8. The number of Topliss-reactive ketones (excluding diaryl/α,β-unsaturated/α-hetero) is 1. The molecule has 0 N–H and O–H groups in total.